The summed E-state index contributed by atoms with van der Waals surface area (Å²) >= 11 is 0. The largest absolute Gasteiger partial charge is 0.479 e. The van der Waals surface area contributed by atoms with Crippen LogP contribution in [0.1, 0.15) is 30.3 Å². The van der Waals surface area contributed by atoms with Gasteiger partial charge in [-0.2, -0.15) is 13.2 Å². The SMILES string of the molecule is COc1nc(-c2nc3n(n2)C=CCC3C2=CC=CC=C(C(F)(F)F)C2)ccc1-n1cnc(C)c1. The minimum Gasteiger partial charge on any atom is -0.479 e. The van der Waals surface area contributed by atoms with Crippen molar-refractivity contribution in [1.29, 1.82) is 0 Å². The fraction of sp³-hybridized carbons (Fsp3) is 0.250. The van der Waals surface area contributed by atoms with Crippen LogP contribution in [0.2, 0.25) is 0 Å². The molecule has 0 spiro atoms. The highest BCUT2D eigenvalue weighted by atomic mass is 19.4. The van der Waals surface area contributed by atoms with Crippen molar-refractivity contribution >= 4 is 6.20 Å². The summed E-state index contributed by atoms with van der Waals surface area (Å²) in [6.45, 7) is 1.89. The number of allylic oxidation sites excluding steroid dienone is 7. The number of rotatable bonds is 4. The predicted molar refractivity (Wildman–Crippen MR) is 120 cm³/mol. The van der Waals surface area contributed by atoms with Crippen LogP contribution in [0.4, 0.5) is 13.2 Å². The van der Waals surface area contributed by atoms with Gasteiger partial charge in [-0.1, -0.05) is 36.0 Å². The van der Waals surface area contributed by atoms with Crippen LogP contribution in [0.5, 0.6) is 5.88 Å². The van der Waals surface area contributed by atoms with Crippen LogP contribution < -0.4 is 4.74 Å². The molecule has 10 heteroatoms. The number of nitrogens with zero attached hydrogens (tertiary/aromatic N) is 6. The molecule has 7 nitrogen and oxygen atoms in total. The molecule has 34 heavy (non-hydrogen) atoms. The number of methoxy groups -OCH3 is 1. The highest BCUT2D eigenvalue weighted by Crippen LogP contribution is 2.40. The summed E-state index contributed by atoms with van der Waals surface area (Å²) < 4.78 is 49.1. The van der Waals surface area contributed by atoms with Crippen molar-refractivity contribution in [2.75, 3.05) is 7.11 Å². The van der Waals surface area contributed by atoms with Crippen molar-refractivity contribution in [1.82, 2.24) is 29.3 Å². The van der Waals surface area contributed by atoms with Gasteiger partial charge in [-0.25, -0.2) is 19.6 Å². The summed E-state index contributed by atoms with van der Waals surface area (Å²) in [6.07, 6.45) is 9.08. The maximum Gasteiger partial charge on any atom is 0.413 e. The average Bonchev–Trinajstić information content (AvgIpc) is 3.36. The maximum atomic E-state index is 13.4. The van der Waals surface area contributed by atoms with Crippen molar-refractivity contribution in [2.45, 2.75) is 31.9 Å². The average molecular weight is 466 g/mol. The first-order chi connectivity index (χ1) is 16.3. The topological polar surface area (TPSA) is 70.7 Å². The van der Waals surface area contributed by atoms with Crippen LogP contribution >= 0.6 is 0 Å². The van der Waals surface area contributed by atoms with Crippen LogP contribution in [-0.4, -0.2) is 42.6 Å². The van der Waals surface area contributed by atoms with Crippen LogP contribution in [0.3, 0.4) is 0 Å². The van der Waals surface area contributed by atoms with Crippen molar-refractivity contribution in [3.8, 4) is 23.1 Å². The third-order valence-corrected chi connectivity index (χ3v) is 5.77. The summed E-state index contributed by atoms with van der Waals surface area (Å²) in [5.41, 5.74) is 2.13. The molecule has 1 unspecified atom stereocenters. The van der Waals surface area contributed by atoms with E-state index in [9.17, 15) is 13.2 Å². The van der Waals surface area contributed by atoms with E-state index < -0.39 is 11.7 Å². The second-order valence-electron chi connectivity index (χ2n) is 8.05. The lowest BCUT2D eigenvalue weighted by Crippen LogP contribution is -2.17. The molecule has 0 saturated heterocycles. The Labute approximate surface area is 193 Å². The summed E-state index contributed by atoms with van der Waals surface area (Å²) in [5, 5.41) is 4.54. The second-order valence-corrected chi connectivity index (χ2v) is 8.05. The fourth-order valence-electron chi connectivity index (χ4n) is 4.09. The van der Waals surface area contributed by atoms with E-state index >= 15 is 0 Å². The van der Waals surface area contributed by atoms with Gasteiger partial charge in [0.2, 0.25) is 11.7 Å². The van der Waals surface area contributed by atoms with Crippen LogP contribution in [0.15, 0.2) is 66.2 Å². The monoisotopic (exact) mass is 466 g/mol. The standard InChI is InChI=1S/C24H21F3N6O/c1-15-13-32(14-28-15)20-10-9-19(29-23(20)34-2)21-30-22-18(8-5-11-33(22)31-21)16-6-3-4-7-17(12-16)24(25,26)27/h3-7,9-11,13-14,18H,8,12H2,1-2H3. The van der Waals surface area contributed by atoms with E-state index in [-0.39, 0.29) is 12.3 Å². The highest BCUT2D eigenvalue weighted by molar-refractivity contribution is 5.56. The van der Waals surface area contributed by atoms with Gasteiger partial charge in [0.1, 0.15) is 17.2 Å². The molecule has 0 saturated carbocycles. The Bertz CT molecular complexity index is 1360. The smallest absolute Gasteiger partial charge is 0.413 e. The number of alkyl halides is 3. The number of halogens is 3. The number of aromatic nitrogens is 6. The van der Waals surface area contributed by atoms with E-state index in [1.165, 1.54) is 13.2 Å². The van der Waals surface area contributed by atoms with E-state index in [0.717, 1.165) is 17.5 Å². The molecule has 0 fully saturated rings. The lowest BCUT2D eigenvalue weighted by molar-refractivity contribution is -0.0932. The normalized spacial score (nSPS) is 17.7. The first-order valence-corrected chi connectivity index (χ1v) is 10.7. The second kappa shape index (κ2) is 8.44. The lowest BCUT2D eigenvalue weighted by atomic mass is 9.88. The molecule has 174 valence electrons. The summed E-state index contributed by atoms with van der Waals surface area (Å²) in [7, 11) is 1.53. The number of ether oxygens (including phenoxy) is 1. The minimum absolute atomic E-state index is 0.192. The molecule has 0 radical (unpaired) electrons. The van der Waals surface area contributed by atoms with Crippen LogP contribution in [-0.2, 0) is 0 Å². The maximum absolute atomic E-state index is 13.4. The van der Waals surface area contributed by atoms with Gasteiger partial charge in [-0.3, -0.25) is 0 Å². The zero-order valence-corrected chi connectivity index (χ0v) is 18.5. The van der Waals surface area contributed by atoms with Gasteiger partial charge in [-0.15, -0.1) is 5.10 Å². The Balaban J connectivity index is 1.49. The molecule has 2 aliphatic rings. The molecule has 0 amide bonds. The zero-order valence-electron chi connectivity index (χ0n) is 18.5. The van der Waals surface area contributed by atoms with Gasteiger partial charge in [0.25, 0.3) is 0 Å². The van der Waals surface area contributed by atoms with Crippen molar-refractivity contribution in [2.24, 2.45) is 0 Å². The Hall–Kier alpha value is -3.95. The van der Waals surface area contributed by atoms with Gasteiger partial charge in [-0.05, 0) is 31.9 Å². The molecule has 1 atom stereocenters. The van der Waals surface area contributed by atoms with E-state index in [1.54, 1.807) is 35.4 Å². The molecule has 3 aromatic heterocycles. The summed E-state index contributed by atoms with van der Waals surface area (Å²) in [4.78, 5) is 13.5. The minimum atomic E-state index is -4.38. The van der Waals surface area contributed by atoms with Gasteiger partial charge < -0.3 is 9.30 Å². The third-order valence-electron chi connectivity index (χ3n) is 5.77. The predicted octanol–water partition coefficient (Wildman–Crippen LogP) is 5.18. The highest BCUT2D eigenvalue weighted by Gasteiger charge is 2.36. The Morgan fingerprint density at radius 2 is 1.94 bits per heavy atom. The quantitative estimate of drug-likeness (QED) is 0.530. The first-order valence-electron chi connectivity index (χ1n) is 10.7. The molecule has 0 N–H and O–H groups in total. The van der Waals surface area contributed by atoms with Crippen molar-refractivity contribution in [3.63, 3.8) is 0 Å². The molecule has 3 aromatic rings. The van der Waals surface area contributed by atoms with E-state index in [0.29, 0.717) is 35.2 Å². The van der Waals surface area contributed by atoms with Gasteiger partial charge in [0, 0.05) is 23.9 Å². The van der Waals surface area contributed by atoms with Crippen molar-refractivity contribution in [3.05, 3.63) is 77.7 Å². The van der Waals surface area contributed by atoms with Gasteiger partial charge in [0.15, 0.2) is 0 Å². The number of aryl methyl sites for hydroxylation is 1. The van der Waals surface area contributed by atoms with Crippen molar-refractivity contribution < 1.29 is 17.9 Å². The lowest BCUT2D eigenvalue weighted by Gasteiger charge is -2.22. The fourth-order valence-corrected chi connectivity index (χ4v) is 4.09. The number of imidazole rings is 1. The number of hydrogen-bond acceptors (Lipinski definition) is 5. The number of fused-ring (bicyclic) bond motifs is 1. The molecule has 4 heterocycles. The van der Waals surface area contributed by atoms with Crippen LogP contribution in [0, 0.1) is 6.92 Å². The van der Waals surface area contributed by atoms with E-state index in [2.05, 4.69) is 20.1 Å². The molecular weight excluding hydrogens is 445 g/mol. The van der Waals surface area contributed by atoms with Gasteiger partial charge in [0.05, 0.1) is 19.1 Å². The molecule has 1 aliphatic heterocycles. The Morgan fingerprint density at radius 1 is 1.12 bits per heavy atom. The summed E-state index contributed by atoms with van der Waals surface area (Å²) in [5.74, 6) is 1.01. The Kier molecular flexibility index (Phi) is 5.43. The molecule has 0 aromatic carbocycles. The zero-order chi connectivity index (χ0) is 23.9. The van der Waals surface area contributed by atoms with Crippen LogP contribution in [0.25, 0.3) is 23.4 Å². The molecule has 1 aliphatic carbocycles. The summed E-state index contributed by atoms with van der Waals surface area (Å²) in [6, 6.07) is 3.63. The van der Waals surface area contributed by atoms with E-state index in [1.807, 2.05) is 29.8 Å². The first kappa shape index (κ1) is 21.9. The van der Waals surface area contributed by atoms with E-state index in [4.69, 9.17) is 4.74 Å². The molecular formula is C24H21F3N6O. The molecule has 0 bridgehead atoms. The molecule has 5 rings (SSSR count). The third kappa shape index (κ3) is 4.07. The number of hydrogen-bond donors (Lipinski definition) is 0. The number of pyridine rings is 1. The Morgan fingerprint density at radius 3 is 2.68 bits per heavy atom. The van der Waals surface area contributed by atoms with Gasteiger partial charge >= 0.3 is 6.18 Å².